The number of thiazole rings is 1. The maximum Gasteiger partial charge on any atom is 0.211 e. The molecule has 3 aromatic rings. The number of anilines is 1. The van der Waals surface area contributed by atoms with Crippen LogP contribution in [0.4, 0.5) is 11.4 Å². The summed E-state index contributed by atoms with van der Waals surface area (Å²) in [4.78, 5) is 8.02. The zero-order chi connectivity index (χ0) is 20.9. The minimum absolute atomic E-state index is 0.521. The molecule has 0 N–H and O–H groups in total. The van der Waals surface area contributed by atoms with Crippen molar-refractivity contribution in [1.29, 1.82) is 0 Å². The van der Waals surface area contributed by atoms with Gasteiger partial charge in [-0.3, -0.25) is 0 Å². The summed E-state index contributed by atoms with van der Waals surface area (Å²) in [6.45, 7) is 9.93. The van der Waals surface area contributed by atoms with Gasteiger partial charge in [0.05, 0.1) is 30.8 Å². The standard InChI is InChI=1S/C24H28N4OS/c1-18(2)21-6-8-22(9-7-21)26-24-28(19(3)17-30-24)25-16-20-4-10-23(11-5-20)27-12-14-29-15-13-27/h4-11,16-18H,12-15H2,1-3H3. The van der Waals surface area contributed by atoms with Crippen LogP contribution in [0.2, 0.25) is 0 Å². The Morgan fingerprint density at radius 1 is 1.00 bits per heavy atom. The average molecular weight is 421 g/mol. The van der Waals surface area contributed by atoms with Gasteiger partial charge in [0.15, 0.2) is 0 Å². The van der Waals surface area contributed by atoms with Crippen molar-refractivity contribution >= 4 is 28.9 Å². The molecule has 1 saturated heterocycles. The molecule has 2 heterocycles. The second kappa shape index (κ2) is 9.41. The zero-order valence-corrected chi connectivity index (χ0v) is 18.6. The van der Waals surface area contributed by atoms with Crippen LogP contribution in [0.3, 0.4) is 0 Å². The molecule has 2 aromatic carbocycles. The van der Waals surface area contributed by atoms with Crippen LogP contribution in [0.1, 0.15) is 36.6 Å². The molecule has 0 radical (unpaired) electrons. The molecule has 156 valence electrons. The molecule has 1 aliphatic heterocycles. The first-order valence-corrected chi connectivity index (χ1v) is 11.3. The third-order valence-corrected chi connectivity index (χ3v) is 6.16. The molecule has 0 aliphatic carbocycles. The van der Waals surface area contributed by atoms with Gasteiger partial charge in [0.1, 0.15) is 0 Å². The van der Waals surface area contributed by atoms with Crippen molar-refractivity contribution in [2.45, 2.75) is 26.7 Å². The van der Waals surface area contributed by atoms with Crippen LogP contribution in [0.25, 0.3) is 0 Å². The van der Waals surface area contributed by atoms with Crippen LogP contribution >= 0.6 is 11.3 Å². The molecule has 1 fully saturated rings. The van der Waals surface area contributed by atoms with Gasteiger partial charge in [-0.2, -0.15) is 5.10 Å². The molecule has 5 nitrogen and oxygen atoms in total. The number of aryl methyl sites for hydroxylation is 1. The molecule has 0 unspecified atom stereocenters. The Balaban J connectivity index is 1.53. The lowest BCUT2D eigenvalue weighted by molar-refractivity contribution is 0.122. The Morgan fingerprint density at radius 3 is 2.37 bits per heavy atom. The van der Waals surface area contributed by atoms with Gasteiger partial charge in [-0.05, 0) is 48.2 Å². The fourth-order valence-electron chi connectivity index (χ4n) is 3.36. The van der Waals surface area contributed by atoms with Gasteiger partial charge in [0, 0.05) is 24.2 Å². The number of nitrogens with zero attached hydrogens (tertiary/aromatic N) is 4. The van der Waals surface area contributed by atoms with Crippen molar-refractivity contribution in [3.8, 4) is 0 Å². The van der Waals surface area contributed by atoms with Crippen LogP contribution in [0.15, 0.2) is 64.0 Å². The predicted octanol–water partition coefficient (Wildman–Crippen LogP) is 4.93. The molecule has 30 heavy (non-hydrogen) atoms. The van der Waals surface area contributed by atoms with Crippen molar-refractivity contribution < 1.29 is 4.74 Å². The summed E-state index contributed by atoms with van der Waals surface area (Å²) in [7, 11) is 0. The van der Waals surface area contributed by atoms with Gasteiger partial charge in [-0.1, -0.05) is 38.1 Å². The van der Waals surface area contributed by atoms with Crippen molar-refractivity contribution in [3.05, 3.63) is 75.5 Å². The summed E-state index contributed by atoms with van der Waals surface area (Å²) in [5, 5.41) is 6.78. The SMILES string of the molecule is Cc1csc(=Nc2ccc(C(C)C)cc2)n1N=Cc1ccc(N2CCOCC2)cc1. The van der Waals surface area contributed by atoms with E-state index in [1.165, 1.54) is 11.3 Å². The van der Waals surface area contributed by atoms with E-state index in [2.05, 4.69) is 79.6 Å². The summed E-state index contributed by atoms with van der Waals surface area (Å²) in [6, 6.07) is 17.0. The van der Waals surface area contributed by atoms with E-state index in [4.69, 9.17) is 14.8 Å². The van der Waals surface area contributed by atoms with Gasteiger partial charge in [-0.15, -0.1) is 11.3 Å². The quantitative estimate of drug-likeness (QED) is 0.549. The van der Waals surface area contributed by atoms with Gasteiger partial charge in [0.2, 0.25) is 4.80 Å². The number of hydrogen-bond acceptors (Lipinski definition) is 5. The molecule has 4 rings (SSSR count). The highest BCUT2D eigenvalue weighted by atomic mass is 32.1. The molecule has 0 amide bonds. The third kappa shape index (κ3) is 4.89. The maximum absolute atomic E-state index is 5.43. The summed E-state index contributed by atoms with van der Waals surface area (Å²) in [6.07, 6.45) is 1.89. The molecule has 1 aromatic heterocycles. The molecule has 0 atom stereocenters. The molecule has 0 bridgehead atoms. The van der Waals surface area contributed by atoms with E-state index in [1.807, 2.05) is 10.9 Å². The lowest BCUT2D eigenvalue weighted by atomic mass is 10.0. The Labute approximate surface area is 182 Å². The van der Waals surface area contributed by atoms with Crippen molar-refractivity contribution in [3.63, 3.8) is 0 Å². The molecule has 0 spiro atoms. The van der Waals surface area contributed by atoms with Gasteiger partial charge in [0.25, 0.3) is 0 Å². The average Bonchev–Trinajstić information content (AvgIpc) is 3.12. The Hall–Kier alpha value is -2.70. The van der Waals surface area contributed by atoms with E-state index in [9.17, 15) is 0 Å². The minimum Gasteiger partial charge on any atom is -0.378 e. The third-order valence-electron chi connectivity index (χ3n) is 5.23. The predicted molar refractivity (Wildman–Crippen MR) is 125 cm³/mol. The number of aromatic nitrogens is 1. The Morgan fingerprint density at radius 2 is 1.70 bits per heavy atom. The van der Waals surface area contributed by atoms with E-state index in [-0.39, 0.29) is 0 Å². The van der Waals surface area contributed by atoms with Crippen LogP contribution in [0, 0.1) is 6.92 Å². The highest BCUT2D eigenvalue weighted by Crippen LogP contribution is 2.19. The van der Waals surface area contributed by atoms with Crippen LogP contribution in [-0.2, 0) is 4.74 Å². The summed E-state index contributed by atoms with van der Waals surface area (Å²) < 4.78 is 7.33. The number of hydrogen-bond donors (Lipinski definition) is 0. The Kier molecular flexibility index (Phi) is 6.45. The van der Waals surface area contributed by atoms with Crippen molar-refractivity contribution in [2.75, 3.05) is 31.2 Å². The number of benzene rings is 2. The Bertz CT molecular complexity index is 1060. The van der Waals surface area contributed by atoms with Crippen LogP contribution in [0.5, 0.6) is 0 Å². The fourth-order valence-corrected chi connectivity index (χ4v) is 4.19. The van der Waals surface area contributed by atoms with E-state index in [0.717, 1.165) is 48.0 Å². The monoisotopic (exact) mass is 420 g/mol. The van der Waals surface area contributed by atoms with Crippen molar-refractivity contribution in [1.82, 2.24) is 4.68 Å². The number of morpholine rings is 1. The maximum atomic E-state index is 5.43. The lowest BCUT2D eigenvalue weighted by Gasteiger charge is -2.28. The fraction of sp³-hybridized carbons (Fsp3) is 0.333. The van der Waals surface area contributed by atoms with E-state index in [1.54, 1.807) is 11.3 Å². The first-order chi connectivity index (χ1) is 14.6. The van der Waals surface area contributed by atoms with Gasteiger partial charge in [-0.25, -0.2) is 9.67 Å². The smallest absolute Gasteiger partial charge is 0.211 e. The molecule has 1 aliphatic rings. The number of ether oxygens (including phenoxy) is 1. The van der Waals surface area contributed by atoms with E-state index >= 15 is 0 Å². The second-order valence-electron chi connectivity index (χ2n) is 7.77. The summed E-state index contributed by atoms with van der Waals surface area (Å²) in [5.41, 5.74) is 5.63. The molecular formula is C24H28N4OS. The van der Waals surface area contributed by atoms with Crippen LogP contribution < -0.4 is 9.70 Å². The number of rotatable bonds is 5. The molecule has 6 heteroatoms. The largest absolute Gasteiger partial charge is 0.378 e. The zero-order valence-electron chi connectivity index (χ0n) is 17.8. The highest BCUT2D eigenvalue weighted by molar-refractivity contribution is 7.07. The van der Waals surface area contributed by atoms with E-state index < -0.39 is 0 Å². The second-order valence-corrected chi connectivity index (χ2v) is 8.60. The normalized spacial score (nSPS) is 15.5. The van der Waals surface area contributed by atoms with Crippen molar-refractivity contribution in [2.24, 2.45) is 10.1 Å². The minimum atomic E-state index is 0.521. The summed E-state index contributed by atoms with van der Waals surface area (Å²) in [5.74, 6) is 0.521. The summed E-state index contributed by atoms with van der Waals surface area (Å²) >= 11 is 1.60. The van der Waals surface area contributed by atoms with Gasteiger partial charge < -0.3 is 9.64 Å². The van der Waals surface area contributed by atoms with Crippen LogP contribution in [-0.4, -0.2) is 37.2 Å². The lowest BCUT2D eigenvalue weighted by Crippen LogP contribution is -2.36. The molecule has 0 saturated carbocycles. The first kappa shape index (κ1) is 20.6. The molecular weight excluding hydrogens is 392 g/mol. The van der Waals surface area contributed by atoms with E-state index in [0.29, 0.717) is 5.92 Å². The topological polar surface area (TPSA) is 42.1 Å². The van der Waals surface area contributed by atoms with Gasteiger partial charge >= 0.3 is 0 Å². The highest BCUT2D eigenvalue weighted by Gasteiger charge is 2.10. The first-order valence-electron chi connectivity index (χ1n) is 10.4.